The molecule has 0 aliphatic rings. The molecule has 1 atom stereocenters. The van der Waals surface area contributed by atoms with Crippen LogP contribution in [0.5, 0.6) is 5.75 Å². The van der Waals surface area contributed by atoms with E-state index in [4.69, 9.17) is 33.0 Å². The van der Waals surface area contributed by atoms with Crippen molar-refractivity contribution in [1.82, 2.24) is 10.3 Å². The predicted molar refractivity (Wildman–Crippen MR) is 135 cm³/mol. The summed E-state index contributed by atoms with van der Waals surface area (Å²) in [7, 11) is 0. The Labute approximate surface area is 216 Å². The van der Waals surface area contributed by atoms with Crippen molar-refractivity contribution in [2.24, 2.45) is 0 Å². The largest absolute Gasteiger partial charge is 0.489 e. The van der Waals surface area contributed by atoms with E-state index in [1.807, 2.05) is 0 Å². The lowest BCUT2D eigenvalue weighted by molar-refractivity contribution is -0.139. The number of rotatable bonds is 9. The minimum Gasteiger partial charge on any atom is -0.489 e. The molecule has 0 bridgehead atoms. The summed E-state index contributed by atoms with van der Waals surface area (Å²) in [5, 5.41) is 21.3. The number of ether oxygens (including phenoxy) is 1. The molecule has 0 saturated carbocycles. The zero-order valence-corrected chi connectivity index (χ0v) is 20.4. The van der Waals surface area contributed by atoms with Gasteiger partial charge in [-0.2, -0.15) is 0 Å². The second-order valence-corrected chi connectivity index (χ2v) is 7.95. The van der Waals surface area contributed by atoms with Crippen molar-refractivity contribution in [2.45, 2.75) is 19.1 Å². The molecule has 0 spiro atoms. The zero-order chi connectivity index (χ0) is 25.8. The molecule has 0 saturated heterocycles. The van der Waals surface area contributed by atoms with E-state index in [1.165, 1.54) is 12.4 Å². The summed E-state index contributed by atoms with van der Waals surface area (Å²) in [4.78, 5) is 36.9. The molecule has 182 valence electrons. The normalized spacial score (nSPS) is 10.8. The maximum Gasteiger partial charge on any atom is 0.339 e. The predicted octanol–water partition coefficient (Wildman–Crippen LogP) is 4.46. The van der Waals surface area contributed by atoms with Gasteiger partial charge in [-0.1, -0.05) is 53.6 Å². The number of aliphatic carboxylic acids is 2. The first-order chi connectivity index (χ1) is 16.7. The van der Waals surface area contributed by atoms with Gasteiger partial charge >= 0.3 is 11.9 Å². The van der Waals surface area contributed by atoms with Crippen LogP contribution in [0.3, 0.4) is 0 Å². The van der Waals surface area contributed by atoms with Crippen molar-refractivity contribution in [3.05, 3.63) is 93.7 Å². The highest BCUT2D eigenvalue weighted by Gasteiger charge is 2.21. The molecule has 3 rings (SSSR count). The number of nitrogens with one attached hydrogen (secondary N) is 1. The second kappa shape index (κ2) is 14.0. The van der Waals surface area contributed by atoms with Crippen LogP contribution in [0.4, 0.5) is 0 Å². The third kappa shape index (κ3) is 9.32. The van der Waals surface area contributed by atoms with Gasteiger partial charge in [0.25, 0.3) is 5.91 Å². The molecular formula is C24H20Cl2N2O6S. The summed E-state index contributed by atoms with van der Waals surface area (Å²) in [6, 6.07) is 14.3. The van der Waals surface area contributed by atoms with Gasteiger partial charge < -0.3 is 20.3 Å². The fraction of sp³-hybridized carbons (Fsp3) is 0.125. The number of hydrogen-bond acceptors (Lipinski definition) is 6. The van der Waals surface area contributed by atoms with Gasteiger partial charge in [0.2, 0.25) is 0 Å². The maximum absolute atomic E-state index is 12.2. The summed E-state index contributed by atoms with van der Waals surface area (Å²) < 4.78 is 5.72. The Kier molecular flexibility index (Phi) is 11.1. The number of thiocarbonyl (C=S) groups is 1. The number of carboxylic acid groups (broad SMARTS) is 2. The number of pyridine rings is 1. The third-order valence-corrected chi connectivity index (χ3v) is 5.35. The molecule has 8 nitrogen and oxygen atoms in total. The minimum atomic E-state index is -1.12. The van der Waals surface area contributed by atoms with Gasteiger partial charge in [-0.05, 0) is 42.0 Å². The van der Waals surface area contributed by atoms with Gasteiger partial charge in [-0.3, -0.25) is 9.78 Å². The first-order valence-electron chi connectivity index (χ1n) is 9.97. The first kappa shape index (κ1) is 27.7. The molecular weight excluding hydrogens is 515 g/mol. The van der Waals surface area contributed by atoms with Crippen molar-refractivity contribution >= 4 is 58.6 Å². The molecule has 0 aliphatic carbocycles. The van der Waals surface area contributed by atoms with Gasteiger partial charge in [0.15, 0.2) is 0 Å². The van der Waals surface area contributed by atoms with Crippen LogP contribution in [0.25, 0.3) is 0 Å². The van der Waals surface area contributed by atoms with E-state index in [1.54, 1.807) is 54.6 Å². The number of nitrogens with zero attached hydrogens (tertiary/aromatic N) is 1. The minimum absolute atomic E-state index is 0.123. The highest BCUT2D eigenvalue weighted by molar-refractivity contribution is 7.80. The van der Waals surface area contributed by atoms with Crippen LogP contribution in [-0.4, -0.2) is 44.5 Å². The molecule has 2 aromatic carbocycles. The van der Waals surface area contributed by atoms with Crippen LogP contribution in [0.2, 0.25) is 10.0 Å². The Morgan fingerprint density at radius 3 is 2.17 bits per heavy atom. The molecule has 3 aromatic rings. The molecule has 1 heterocycles. The fourth-order valence-electron chi connectivity index (χ4n) is 2.72. The Hall–Kier alpha value is -3.53. The van der Waals surface area contributed by atoms with Gasteiger partial charge in [-0.25, -0.2) is 9.59 Å². The lowest BCUT2D eigenvalue weighted by Gasteiger charge is -2.15. The highest BCUT2D eigenvalue weighted by Crippen LogP contribution is 2.26. The molecule has 1 aromatic heterocycles. The summed E-state index contributed by atoms with van der Waals surface area (Å²) in [6.45, 7) is 0.205. The molecule has 11 heteroatoms. The Morgan fingerprint density at radius 1 is 1.03 bits per heavy atom. The Balaban J connectivity index is 0.000000784. The van der Waals surface area contributed by atoms with Crippen molar-refractivity contribution in [2.75, 3.05) is 0 Å². The van der Waals surface area contributed by atoms with E-state index in [0.29, 0.717) is 32.3 Å². The van der Waals surface area contributed by atoms with Crippen LogP contribution >= 0.6 is 35.4 Å². The molecule has 0 aliphatic heterocycles. The number of amides is 1. The number of halogens is 2. The number of carboxylic acids is 2. The Bertz CT molecular complexity index is 1160. The standard InChI is InChI=1S/C22H18Cl2N2O4.C2H2O2S/c23-18-4-1-5-19(24)17(18)13-30-16-8-6-14(7-9-16)11-20(22(28)29)26-21(27)15-3-2-10-25-12-15;3-2(4)1-5/h1-10,12,20H,11,13H2,(H,26,27)(H,28,29);1H,(H,3,4)/t20-;/m0./s1. The van der Waals surface area contributed by atoms with E-state index in [0.717, 1.165) is 5.56 Å². The summed E-state index contributed by atoms with van der Waals surface area (Å²) >= 11 is 16.2. The number of benzene rings is 2. The van der Waals surface area contributed by atoms with Crippen LogP contribution < -0.4 is 10.1 Å². The number of hydrogen-bond donors (Lipinski definition) is 3. The van der Waals surface area contributed by atoms with E-state index in [2.05, 4.69) is 22.5 Å². The second-order valence-electron chi connectivity index (χ2n) is 6.90. The topological polar surface area (TPSA) is 126 Å². The van der Waals surface area contributed by atoms with Gasteiger partial charge in [0.05, 0.1) is 10.9 Å². The first-order valence-corrected chi connectivity index (χ1v) is 11.2. The fourth-order valence-corrected chi connectivity index (χ4v) is 3.23. The monoisotopic (exact) mass is 534 g/mol. The van der Waals surface area contributed by atoms with Crippen LogP contribution in [-0.2, 0) is 22.6 Å². The van der Waals surface area contributed by atoms with Crippen molar-refractivity contribution in [1.29, 1.82) is 0 Å². The van der Waals surface area contributed by atoms with Crippen LogP contribution in [0.1, 0.15) is 21.5 Å². The number of carbonyl (C=O) groups is 3. The lowest BCUT2D eigenvalue weighted by Crippen LogP contribution is -2.42. The summed E-state index contributed by atoms with van der Waals surface area (Å²) in [5.41, 5.74) is 1.72. The molecule has 0 fully saturated rings. The van der Waals surface area contributed by atoms with Crippen LogP contribution in [0.15, 0.2) is 67.0 Å². The van der Waals surface area contributed by atoms with Crippen molar-refractivity contribution in [3.8, 4) is 5.75 Å². The third-order valence-electron chi connectivity index (χ3n) is 4.44. The van der Waals surface area contributed by atoms with Gasteiger partial charge in [0, 0.05) is 34.4 Å². The van der Waals surface area contributed by atoms with Gasteiger partial charge in [0.1, 0.15) is 18.4 Å². The van der Waals surface area contributed by atoms with E-state index >= 15 is 0 Å². The van der Waals surface area contributed by atoms with E-state index < -0.39 is 23.9 Å². The van der Waals surface area contributed by atoms with Crippen molar-refractivity contribution < 1.29 is 29.3 Å². The molecule has 3 N–H and O–H groups in total. The van der Waals surface area contributed by atoms with Gasteiger partial charge in [-0.15, -0.1) is 0 Å². The Morgan fingerprint density at radius 2 is 1.66 bits per heavy atom. The lowest BCUT2D eigenvalue weighted by atomic mass is 10.1. The highest BCUT2D eigenvalue weighted by atomic mass is 35.5. The molecule has 35 heavy (non-hydrogen) atoms. The maximum atomic E-state index is 12.2. The number of aromatic nitrogens is 1. The average molecular weight is 535 g/mol. The van der Waals surface area contributed by atoms with E-state index in [-0.39, 0.29) is 13.0 Å². The summed E-state index contributed by atoms with van der Waals surface area (Å²) in [5.74, 6) is -2.09. The molecule has 1 amide bonds. The summed E-state index contributed by atoms with van der Waals surface area (Å²) in [6.07, 6.45) is 3.04. The molecule has 0 radical (unpaired) electrons. The molecule has 0 unspecified atom stereocenters. The smallest absolute Gasteiger partial charge is 0.339 e. The SMILES string of the molecule is O=C(N[C@@H](Cc1ccc(OCc2c(Cl)cccc2Cl)cc1)C(=O)O)c1cccnc1.O=C(O)C=S. The van der Waals surface area contributed by atoms with Crippen LogP contribution in [0, 0.1) is 0 Å². The zero-order valence-electron chi connectivity index (χ0n) is 18.1. The van der Waals surface area contributed by atoms with Crippen molar-refractivity contribution in [3.63, 3.8) is 0 Å². The van der Waals surface area contributed by atoms with E-state index in [9.17, 15) is 19.5 Å². The average Bonchev–Trinajstić information content (AvgIpc) is 2.85. The number of carbonyl (C=O) groups excluding carboxylic acids is 1. The quantitative estimate of drug-likeness (QED) is 0.343.